The molecule has 0 atom stereocenters. The van der Waals surface area contributed by atoms with Crippen molar-refractivity contribution in [2.24, 2.45) is 0 Å². The van der Waals surface area contributed by atoms with Crippen LogP contribution in [0, 0.1) is 0 Å². The molecular weight excluding hydrogens is 208 g/mol. The van der Waals surface area contributed by atoms with E-state index in [-0.39, 0.29) is 12.5 Å². The summed E-state index contributed by atoms with van der Waals surface area (Å²) in [5.74, 6) is -0.267. The third kappa shape index (κ3) is 4.00. The van der Waals surface area contributed by atoms with E-state index in [4.69, 9.17) is 4.74 Å². The van der Waals surface area contributed by atoms with Crippen LogP contribution in [0.5, 0.6) is 0 Å². The summed E-state index contributed by atoms with van der Waals surface area (Å²) in [5, 5.41) is 1.06. The Morgan fingerprint density at radius 1 is 1.31 bits per heavy atom. The van der Waals surface area contributed by atoms with E-state index < -0.39 is 6.09 Å². The minimum atomic E-state index is -0.651. The van der Waals surface area contributed by atoms with Gasteiger partial charge in [0.15, 0.2) is 0 Å². The first kappa shape index (κ1) is 12.0. The average Bonchev–Trinajstić information content (AvgIpc) is 2.27. The summed E-state index contributed by atoms with van der Waals surface area (Å²) in [6.07, 6.45) is -0.651. The lowest BCUT2D eigenvalue weighted by Crippen LogP contribution is -2.42. The van der Waals surface area contributed by atoms with E-state index in [2.05, 4.69) is 5.43 Å². The van der Waals surface area contributed by atoms with Gasteiger partial charge >= 0.3 is 6.09 Å². The van der Waals surface area contributed by atoms with E-state index in [1.807, 2.05) is 30.3 Å². The van der Waals surface area contributed by atoms with E-state index in [0.717, 1.165) is 10.6 Å². The molecule has 0 saturated heterocycles. The van der Waals surface area contributed by atoms with Crippen LogP contribution in [0.1, 0.15) is 12.5 Å². The molecule has 0 unspecified atom stereocenters. The second-order valence-electron chi connectivity index (χ2n) is 3.25. The summed E-state index contributed by atoms with van der Waals surface area (Å²) < 4.78 is 4.90. The number of carbonyl (C=O) groups is 2. The van der Waals surface area contributed by atoms with Crippen molar-refractivity contribution < 1.29 is 14.3 Å². The Hall–Kier alpha value is -2.04. The zero-order valence-electron chi connectivity index (χ0n) is 9.27. The van der Waals surface area contributed by atoms with Gasteiger partial charge in [0.2, 0.25) is 5.91 Å². The first-order chi connectivity index (χ1) is 7.59. The zero-order valence-corrected chi connectivity index (χ0v) is 9.27. The SMILES string of the molecule is CC(=O)N(C)NC(=O)OCc1ccccc1. The van der Waals surface area contributed by atoms with Gasteiger partial charge in [0.25, 0.3) is 0 Å². The highest BCUT2D eigenvalue weighted by molar-refractivity contribution is 5.76. The summed E-state index contributed by atoms with van der Waals surface area (Å²) in [5.41, 5.74) is 3.16. The van der Waals surface area contributed by atoms with Gasteiger partial charge < -0.3 is 4.74 Å². The number of ether oxygens (including phenoxy) is 1. The Kier molecular flexibility index (Phi) is 4.32. The van der Waals surface area contributed by atoms with Crippen LogP contribution < -0.4 is 5.43 Å². The van der Waals surface area contributed by atoms with Crippen molar-refractivity contribution in [1.29, 1.82) is 0 Å². The molecule has 0 aliphatic carbocycles. The number of hydrazine groups is 1. The van der Waals surface area contributed by atoms with Gasteiger partial charge in [-0.1, -0.05) is 30.3 Å². The van der Waals surface area contributed by atoms with Crippen LogP contribution in [0.3, 0.4) is 0 Å². The van der Waals surface area contributed by atoms with Gasteiger partial charge in [0.1, 0.15) is 6.61 Å². The average molecular weight is 222 g/mol. The van der Waals surface area contributed by atoms with Crippen LogP contribution >= 0.6 is 0 Å². The normalized spacial score (nSPS) is 9.38. The molecule has 0 aromatic heterocycles. The summed E-state index contributed by atoms with van der Waals surface area (Å²) in [4.78, 5) is 22.0. The lowest BCUT2D eigenvalue weighted by Gasteiger charge is -2.15. The Morgan fingerprint density at radius 3 is 2.50 bits per heavy atom. The molecule has 5 nitrogen and oxygen atoms in total. The van der Waals surface area contributed by atoms with Crippen molar-refractivity contribution >= 4 is 12.0 Å². The second-order valence-corrected chi connectivity index (χ2v) is 3.25. The second kappa shape index (κ2) is 5.75. The van der Waals surface area contributed by atoms with E-state index in [9.17, 15) is 9.59 Å². The van der Waals surface area contributed by atoms with Crippen molar-refractivity contribution in [3.05, 3.63) is 35.9 Å². The standard InChI is InChI=1S/C11H14N2O3/c1-9(14)13(2)12-11(15)16-8-10-6-4-3-5-7-10/h3-7H,8H2,1-2H3,(H,12,15). The number of hydrogen-bond donors (Lipinski definition) is 1. The Labute approximate surface area is 94.0 Å². The van der Waals surface area contributed by atoms with Crippen LogP contribution in [-0.4, -0.2) is 24.1 Å². The number of amides is 2. The number of nitrogens with one attached hydrogen (secondary N) is 1. The van der Waals surface area contributed by atoms with Crippen molar-refractivity contribution in [3.63, 3.8) is 0 Å². The first-order valence-electron chi connectivity index (χ1n) is 4.81. The molecule has 2 amide bonds. The zero-order chi connectivity index (χ0) is 12.0. The first-order valence-corrected chi connectivity index (χ1v) is 4.81. The van der Waals surface area contributed by atoms with E-state index >= 15 is 0 Å². The highest BCUT2D eigenvalue weighted by Gasteiger charge is 2.07. The van der Waals surface area contributed by atoms with Gasteiger partial charge in [-0.05, 0) is 5.56 Å². The summed E-state index contributed by atoms with van der Waals surface area (Å²) in [6.45, 7) is 1.52. The van der Waals surface area contributed by atoms with Crippen molar-refractivity contribution in [3.8, 4) is 0 Å². The minimum Gasteiger partial charge on any atom is -0.443 e. The fourth-order valence-corrected chi connectivity index (χ4v) is 0.971. The lowest BCUT2D eigenvalue weighted by atomic mass is 10.2. The molecule has 1 N–H and O–H groups in total. The summed E-state index contributed by atoms with van der Waals surface area (Å²) in [7, 11) is 1.45. The van der Waals surface area contributed by atoms with E-state index in [0.29, 0.717) is 0 Å². The highest BCUT2D eigenvalue weighted by Crippen LogP contribution is 2.00. The van der Waals surface area contributed by atoms with Gasteiger partial charge in [-0.3, -0.25) is 9.80 Å². The molecule has 0 fully saturated rings. The van der Waals surface area contributed by atoms with Gasteiger partial charge in [0, 0.05) is 14.0 Å². The van der Waals surface area contributed by atoms with Crippen LogP contribution in [0.2, 0.25) is 0 Å². The van der Waals surface area contributed by atoms with Crippen LogP contribution in [0.25, 0.3) is 0 Å². The molecule has 1 rings (SSSR count). The molecule has 86 valence electrons. The molecule has 1 aromatic rings. The maximum atomic E-state index is 11.2. The predicted octanol–water partition coefficient (Wildman–Crippen LogP) is 1.31. The number of nitrogens with zero attached hydrogens (tertiary/aromatic N) is 1. The molecule has 0 heterocycles. The largest absolute Gasteiger partial charge is 0.443 e. The Morgan fingerprint density at radius 2 is 1.94 bits per heavy atom. The maximum absolute atomic E-state index is 11.2. The minimum absolute atomic E-state index is 0.179. The molecule has 0 aliphatic heterocycles. The number of rotatable bonds is 2. The van der Waals surface area contributed by atoms with Crippen LogP contribution in [-0.2, 0) is 16.1 Å². The number of hydrogen-bond acceptors (Lipinski definition) is 3. The topological polar surface area (TPSA) is 58.6 Å². The molecule has 0 bridgehead atoms. The van der Waals surface area contributed by atoms with Crippen LogP contribution in [0.15, 0.2) is 30.3 Å². The number of carbonyl (C=O) groups excluding carboxylic acids is 2. The van der Waals surface area contributed by atoms with Gasteiger partial charge in [-0.25, -0.2) is 10.2 Å². The van der Waals surface area contributed by atoms with Gasteiger partial charge in [-0.15, -0.1) is 0 Å². The molecular formula is C11H14N2O3. The molecule has 0 saturated carbocycles. The maximum Gasteiger partial charge on any atom is 0.426 e. The van der Waals surface area contributed by atoms with Gasteiger partial charge in [0.05, 0.1) is 0 Å². The van der Waals surface area contributed by atoms with E-state index in [1.165, 1.54) is 14.0 Å². The highest BCUT2D eigenvalue weighted by atomic mass is 16.6. The predicted molar refractivity (Wildman–Crippen MR) is 58.2 cm³/mol. The third-order valence-corrected chi connectivity index (χ3v) is 1.94. The lowest BCUT2D eigenvalue weighted by molar-refractivity contribution is -0.129. The fourth-order valence-electron chi connectivity index (χ4n) is 0.971. The van der Waals surface area contributed by atoms with Crippen LogP contribution in [0.4, 0.5) is 4.79 Å². The van der Waals surface area contributed by atoms with Crippen molar-refractivity contribution in [1.82, 2.24) is 10.4 Å². The van der Waals surface area contributed by atoms with Crippen molar-refractivity contribution in [2.75, 3.05) is 7.05 Å². The molecule has 0 radical (unpaired) electrons. The van der Waals surface area contributed by atoms with Crippen molar-refractivity contribution in [2.45, 2.75) is 13.5 Å². The Bertz CT molecular complexity index is 365. The summed E-state index contributed by atoms with van der Waals surface area (Å²) >= 11 is 0. The molecule has 0 spiro atoms. The fraction of sp³-hybridized carbons (Fsp3) is 0.273. The summed E-state index contributed by atoms with van der Waals surface area (Å²) in [6, 6.07) is 9.30. The molecule has 16 heavy (non-hydrogen) atoms. The smallest absolute Gasteiger partial charge is 0.426 e. The van der Waals surface area contributed by atoms with Gasteiger partial charge in [-0.2, -0.15) is 0 Å². The number of benzene rings is 1. The third-order valence-electron chi connectivity index (χ3n) is 1.94. The molecule has 1 aromatic carbocycles. The quantitative estimate of drug-likeness (QED) is 0.767. The van der Waals surface area contributed by atoms with E-state index in [1.54, 1.807) is 0 Å². The monoisotopic (exact) mass is 222 g/mol. The Balaban J connectivity index is 2.33. The molecule has 5 heteroatoms. The molecule has 0 aliphatic rings.